The minimum atomic E-state index is -0.0652. The third-order valence-corrected chi connectivity index (χ3v) is 4.95. The molecular weight excluding hydrogens is 332 g/mol. The second kappa shape index (κ2) is 7.05. The average Bonchev–Trinajstić information content (AvgIpc) is 3.10. The number of rotatable bonds is 4. The number of anilines is 1. The number of ether oxygens (including phenoxy) is 3. The molecule has 4 rings (SSSR count). The Morgan fingerprint density at radius 2 is 1.65 bits per heavy atom. The van der Waals surface area contributed by atoms with Crippen LogP contribution in [0.3, 0.4) is 0 Å². The van der Waals surface area contributed by atoms with Crippen molar-refractivity contribution in [3.05, 3.63) is 47.5 Å². The summed E-state index contributed by atoms with van der Waals surface area (Å²) in [6.07, 6.45) is 0. The lowest BCUT2D eigenvalue weighted by molar-refractivity contribution is 0.0235. The Balaban J connectivity index is 1.76. The second-order valence-electron chi connectivity index (χ2n) is 6.80. The number of morpholine rings is 1. The fourth-order valence-electron chi connectivity index (χ4n) is 3.54. The molecule has 0 radical (unpaired) electrons. The van der Waals surface area contributed by atoms with Gasteiger partial charge >= 0.3 is 0 Å². The zero-order valence-electron chi connectivity index (χ0n) is 15.1. The van der Waals surface area contributed by atoms with Crippen LogP contribution >= 0.6 is 0 Å². The van der Waals surface area contributed by atoms with Gasteiger partial charge in [-0.2, -0.15) is 0 Å². The Labute approximate surface area is 153 Å². The van der Waals surface area contributed by atoms with Gasteiger partial charge in [0.1, 0.15) is 5.75 Å². The first-order chi connectivity index (χ1) is 12.6. The number of nitrogens with zero attached hydrogens (tertiary/aromatic N) is 2. The summed E-state index contributed by atoms with van der Waals surface area (Å²) in [6, 6.07) is 11.9. The number of phenols is 1. The summed E-state index contributed by atoms with van der Waals surface area (Å²) in [6.45, 7) is 3.20. The standard InChI is InChI=1S/C20H24N2O4/c1-21(2)15-5-3-14(4-6-15)20(22-7-9-24-10-8-22)16-11-18-19(12-17(16)23)26-13-25-18/h3-6,11-12,20,23H,7-10,13H2,1-2H3/t20-/m0/s1. The lowest BCUT2D eigenvalue weighted by Gasteiger charge is -2.35. The van der Waals surface area contributed by atoms with Crippen LogP contribution in [0.1, 0.15) is 17.2 Å². The smallest absolute Gasteiger partial charge is 0.231 e. The molecule has 1 saturated heterocycles. The first-order valence-corrected chi connectivity index (χ1v) is 8.85. The summed E-state index contributed by atoms with van der Waals surface area (Å²) in [5.74, 6) is 1.50. The van der Waals surface area contributed by atoms with Gasteiger partial charge in [0.05, 0.1) is 19.3 Å². The molecule has 0 aliphatic carbocycles. The van der Waals surface area contributed by atoms with E-state index in [1.165, 1.54) is 0 Å². The number of hydrogen-bond acceptors (Lipinski definition) is 6. The molecule has 2 heterocycles. The number of hydrogen-bond donors (Lipinski definition) is 1. The molecule has 2 aromatic rings. The number of phenolic OH excluding ortho intramolecular Hbond substituents is 1. The molecule has 138 valence electrons. The second-order valence-corrected chi connectivity index (χ2v) is 6.80. The van der Waals surface area contributed by atoms with Crippen molar-refractivity contribution < 1.29 is 19.3 Å². The van der Waals surface area contributed by atoms with E-state index in [9.17, 15) is 5.11 Å². The van der Waals surface area contributed by atoms with Gasteiger partial charge in [0.2, 0.25) is 6.79 Å². The van der Waals surface area contributed by atoms with Crippen molar-refractivity contribution in [2.75, 3.05) is 52.1 Å². The van der Waals surface area contributed by atoms with E-state index < -0.39 is 0 Å². The predicted molar refractivity (Wildman–Crippen MR) is 99.2 cm³/mol. The Bertz CT molecular complexity index is 770. The molecule has 1 fully saturated rings. The van der Waals surface area contributed by atoms with Crippen LogP contribution in [0.15, 0.2) is 36.4 Å². The van der Waals surface area contributed by atoms with Crippen LogP contribution in [-0.2, 0) is 4.74 Å². The van der Waals surface area contributed by atoms with Crippen LogP contribution < -0.4 is 14.4 Å². The molecule has 1 atom stereocenters. The molecule has 2 aliphatic heterocycles. The van der Waals surface area contributed by atoms with Crippen molar-refractivity contribution in [1.82, 2.24) is 4.90 Å². The first kappa shape index (κ1) is 17.0. The van der Waals surface area contributed by atoms with E-state index in [4.69, 9.17) is 14.2 Å². The van der Waals surface area contributed by atoms with E-state index in [0.717, 1.165) is 29.9 Å². The molecule has 1 N–H and O–H groups in total. The molecular formula is C20H24N2O4. The molecule has 2 aliphatic rings. The fourth-order valence-corrected chi connectivity index (χ4v) is 3.54. The normalized spacial score (nSPS) is 17.9. The summed E-state index contributed by atoms with van der Waals surface area (Å²) in [5.41, 5.74) is 3.10. The number of aromatic hydroxyl groups is 1. The van der Waals surface area contributed by atoms with E-state index in [1.807, 2.05) is 20.2 Å². The fraction of sp³-hybridized carbons (Fsp3) is 0.400. The van der Waals surface area contributed by atoms with E-state index in [2.05, 4.69) is 34.1 Å². The van der Waals surface area contributed by atoms with E-state index in [-0.39, 0.29) is 18.6 Å². The lowest BCUT2D eigenvalue weighted by Crippen LogP contribution is -2.39. The Morgan fingerprint density at radius 3 is 2.31 bits per heavy atom. The third kappa shape index (κ3) is 3.18. The highest BCUT2D eigenvalue weighted by Gasteiger charge is 2.29. The molecule has 0 bridgehead atoms. The van der Waals surface area contributed by atoms with Gasteiger partial charge in [-0.05, 0) is 23.8 Å². The first-order valence-electron chi connectivity index (χ1n) is 8.85. The SMILES string of the molecule is CN(C)c1ccc([C@@H](c2cc3c(cc2O)OCO3)N2CCOCC2)cc1. The average molecular weight is 356 g/mol. The minimum absolute atomic E-state index is 0.0652. The Kier molecular flexibility index (Phi) is 4.61. The van der Waals surface area contributed by atoms with Crippen LogP contribution in [0.5, 0.6) is 17.2 Å². The lowest BCUT2D eigenvalue weighted by atomic mass is 9.95. The van der Waals surface area contributed by atoms with Crippen LogP contribution in [0.25, 0.3) is 0 Å². The zero-order valence-corrected chi connectivity index (χ0v) is 15.1. The van der Waals surface area contributed by atoms with Gasteiger partial charge in [-0.15, -0.1) is 0 Å². The van der Waals surface area contributed by atoms with Gasteiger partial charge in [0, 0.05) is 44.5 Å². The summed E-state index contributed by atoms with van der Waals surface area (Å²) in [4.78, 5) is 4.41. The summed E-state index contributed by atoms with van der Waals surface area (Å²) >= 11 is 0. The van der Waals surface area contributed by atoms with Gasteiger partial charge in [0.15, 0.2) is 11.5 Å². The topological polar surface area (TPSA) is 54.4 Å². The summed E-state index contributed by atoms with van der Waals surface area (Å²) in [7, 11) is 4.05. The highest BCUT2D eigenvalue weighted by atomic mass is 16.7. The Hall–Kier alpha value is -2.44. The molecule has 0 saturated carbocycles. The predicted octanol–water partition coefficient (Wildman–Crippen LogP) is 2.61. The van der Waals surface area contributed by atoms with Crippen molar-refractivity contribution >= 4 is 5.69 Å². The highest BCUT2D eigenvalue weighted by molar-refractivity contribution is 5.55. The van der Waals surface area contributed by atoms with Crippen LogP contribution in [0.2, 0.25) is 0 Å². The van der Waals surface area contributed by atoms with Gasteiger partial charge in [0.25, 0.3) is 0 Å². The van der Waals surface area contributed by atoms with E-state index >= 15 is 0 Å². The zero-order chi connectivity index (χ0) is 18.1. The Morgan fingerprint density at radius 1 is 1.00 bits per heavy atom. The number of benzene rings is 2. The monoisotopic (exact) mass is 356 g/mol. The van der Waals surface area contributed by atoms with Crippen molar-refractivity contribution in [1.29, 1.82) is 0 Å². The molecule has 6 heteroatoms. The largest absolute Gasteiger partial charge is 0.507 e. The molecule has 0 spiro atoms. The van der Waals surface area contributed by atoms with Crippen LogP contribution in [0, 0.1) is 0 Å². The molecule has 26 heavy (non-hydrogen) atoms. The van der Waals surface area contributed by atoms with Crippen molar-refractivity contribution in [2.24, 2.45) is 0 Å². The summed E-state index contributed by atoms with van der Waals surface area (Å²) < 4.78 is 16.4. The van der Waals surface area contributed by atoms with Gasteiger partial charge < -0.3 is 24.2 Å². The maximum Gasteiger partial charge on any atom is 0.231 e. The van der Waals surface area contributed by atoms with Crippen molar-refractivity contribution in [2.45, 2.75) is 6.04 Å². The minimum Gasteiger partial charge on any atom is -0.507 e. The van der Waals surface area contributed by atoms with Crippen LogP contribution in [-0.4, -0.2) is 57.2 Å². The maximum absolute atomic E-state index is 10.7. The van der Waals surface area contributed by atoms with Crippen LogP contribution in [0.4, 0.5) is 5.69 Å². The summed E-state index contributed by atoms with van der Waals surface area (Å²) in [5, 5.41) is 10.7. The molecule has 0 unspecified atom stereocenters. The van der Waals surface area contributed by atoms with E-state index in [0.29, 0.717) is 24.7 Å². The molecule has 0 amide bonds. The highest BCUT2D eigenvalue weighted by Crippen LogP contribution is 2.43. The molecule has 0 aromatic heterocycles. The quantitative estimate of drug-likeness (QED) is 0.909. The van der Waals surface area contributed by atoms with Gasteiger partial charge in [-0.1, -0.05) is 12.1 Å². The van der Waals surface area contributed by atoms with Crippen molar-refractivity contribution in [3.8, 4) is 17.2 Å². The van der Waals surface area contributed by atoms with Crippen molar-refractivity contribution in [3.63, 3.8) is 0 Å². The van der Waals surface area contributed by atoms with Gasteiger partial charge in [-0.25, -0.2) is 0 Å². The third-order valence-electron chi connectivity index (χ3n) is 4.95. The van der Waals surface area contributed by atoms with Gasteiger partial charge in [-0.3, -0.25) is 4.90 Å². The molecule has 6 nitrogen and oxygen atoms in total. The molecule has 2 aromatic carbocycles. The number of fused-ring (bicyclic) bond motifs is 1. The van der Waals surface area contributed by atoms with E-state index in [1.54, 1.807) is 6.07 Å². The maximum atomic E-state index is 10.7.